The smallest absolute Gasteiger partial charge is 0.272 e. The SMILES string of the molecule is CC(Sc1ccc(NC(=O)/C(=C/c2ccc(N(C)C)cc2)NC(=O)c2ccccc2)cc1)C(=O)Nc1nc(-c2cccc([N+](=O)[O-])c2)cs1. The van der Waals surface area contributed by atoms with Crippen LogP contribution in [0, 0.1) is 10.1 Å². The molecular formula is C36H32N6O5S2. The fourth-order valence-corrected chi connectivity index (χ4v) is 6.09. The van der Waals surface area contributed by atoms with Crippen LogP contribution in [0.3, 0.4) is 0 Å². The maximum atomic E-state index is 13.4. The Bertz CT molecular complexity index is 1990. The Morgan fingerprint density at radius 2 is 1.63 bits per heavy atom. The summed E-state index contributed by atoms with van der Waals surface area (Å²) in [7, 11) is 3.87. The number of rotatable bonds is 12. The van der Waals surface area contributed by atoms with Crippen molar-refractivity contribution >= 4 is 69.1 Å². The molecule has 0 aliphatic rings. The predicted octanol–water partition coefficient (Wildman–Crippen LogP) is 7.31. The number of hydrogen-bond acceptors (Lipinski definition) is 9. The number of nitrogens with one attached hydrogen (secondary N) is 3. The van der Waals surface area contributed by atoms with E-state index in [1.807, 2.05) is 49.3 Å². The van der Waals surface area contributed by atoms with Gasteiger partial charge in [-0.25, -0.2) is 4.98 Å². The Hall–Kier alpha value is -5.79. The third kappa shape index (κ3) is 9.40. The van der Waals surface area contributed by atoms with E-state index >= 15 is 0 Å². The van der Waals surface area contributed by atoms with Crippen LogP contribution in [-0.4, -0.2) is 47.0 Å². The Balaban J connectivity index is 1.22. The number of nitro groups is 1. The molecule has 1 atom stereocenters. The molecule has 0 spiro atoms. The molecule has 13 heteroatoms. The van der Waals surface area contributed by atoms with E-state index < -0.39 is 22.0 Å². The molecule has 0 saturated heterocycles. The van der Waals surface area contributed by atoms with Gasteiger partial charge in [0.2, 0.25) is 5.91 Å². The molecule has 0 radical (unpaired) electrons. The van der Waals surface area contributed by atoms with Gasteiger partial charge in [-0.3, -0.25) is 24.5 Å². The maximum Gasteiger partial charge on any atom is 0.272 e. The number of benzene rings is 4. The minimum atomic E-state index is -0.498. The fraction of sp³-hybridized carbons (Fsp3) is 0.111. The average Bonchev–Trinajstić information content (AvgIpc) is 3.58. The second-order valence-electron chi connectivity index (χ2n) is 10.9. The number of amides is 3. The van der Waals surface area contributed by atoms with E-state index in [0.717, 1.165) is 16.1 Å². The van der Waals surface area contributed by atoms with Crippen LogP contribution in [0.25, 0.3) is 17.3 Å². The molecule has 49 heavy (non-hydrogen) atoms. The van der Waals surface area contributed by atoms with Crippen LogP contribution in [0.15, 0.2) is 119 Å². The second kappa shape index (κ2) is 15.9. The van der Waals surface area contributed by atoms with Crippen molar-refractivity contribution in [1.29, 1.82) is 0 Å². The average molecular weight is 693 g/mol. The van der Waals surface area contributed by atoms with Gasteiger partial charge in [0.25, 0.3) is 17.5 Å². The van der Waals surface area contributed by atoms with Crippen molar-refractivity contribution in [2.24, 2.45) is 0 Å². The molecule has 1 heterocycles. The molecule has 0 saturated carbocycles. The number of aromatic nitrogens is 1. The molecule has 0 fully saturated rings. The number of hydrogen-bond donors (Lipinski definition) is 3. The highest BCUT2D eigenvalue weighted by atomic mass is 32.2. The molecule has 0 bridgehead atoms. The number of thioether (sulfide) groups is 1. The molecule has 4 aromatic carbocycles. The van der Waals surface area contributed by atoms with Gasteiger partial charge in [-0.05, 0) is 67.1 Å². The molecule has 1 aromatic heterocycles. The van der Waals surface area contributed by atoms with Crippen molar-refractivity contribution in [2.75, 3.05) is 29.6 Å². The monoisotopic (exact) mass is 692 g/mol. The van der Waals surface area contributed by atoms with Gasteiger partial charge >= 0.3 is 0 Å². The summed E-state index contributed by atoms with van der Waals surface area (Å²) in [5.41, 5.74) is 3.81. The summed E-state index contributed by atoms with van der Waals surface area (Å²) in [6.07, 6.45) is 1.62. The number of carbonyl (C=O) groups excluding carboxylic acids is 3. The standard InChI is InChI=1S/C36H32N6O5S2/c1-23(33(43)40-36-39-32(22-48-36)26-10-7-11-29(21-26)42(46)47)49-30-18-14-27(15-19-30)37-35(45)31(38-34(44)25-8-5-4-6-9-25)20-24-12-16-28(17-13-24)41(2)3/h4-23H,1-3H3,(H,37,45)(H,38,44)(H,39,40,43)/b31-20-. The van der Waals surface area contributed by atoms with Crippen LogP contribution in [0.2, 0.25) is 0 Å². The number of carbonyl (C=O) groups is 3. The first-order valence-corrected chi connectivity index (χ1v) is 16.8. The highest BCUT2D eigenvalue weighted by molar-refractivity contribution is 8.00. The first kappa shape index (κ1) is 34.5. The molecule has 248 valence electrons. The van der Waals surface area contributed by atoms with Crippen LogP contribution >= 0.6 is 23.1 Å². The minimum Gasteiger partial charge on any atom is -0.378 e. The van der Waals surface area contributed by atoms with Crippen LogP contribution in [0.1, 0.15) is 22.8 Å². The summed E-state index contributed by atoms with van der Waals surface area (Å²) in [6, 6.07) is 29.4. The van der Waals surface area contributed by atoms with Gasteiger partial charge in [0.15, 0.2) is 5.13 Å². The molecule has 5 rings (SSSR count). The van der Waals surface area contributed by atoms with Crippen molar-refractivity contribution in [2.45, 2.75) is 17.1 Å². The molecule has 3 N–H and O–H groups in total. The first-order chi connectivity index (χ1) is 23.5. The van der Waals surface area contributed by atoms with Crippen LogP contribution in [-0.2, 0) is 9.59 Å². The van der Waals surface area contributed by atoms with Crippen LogP contribution in [0.4, 0.5) is 22.2 Å². The topological polar surface area (TPSA) is 147 Å². The number of nitrogens with zero attached hydrogens (tertiary/aromatic N) is 3. The lowest BCUT2D eigenvalue weighted by Gasteiger charge is -2.14. The predicted molar refractivity (Wildman–Crippen MR) is 196 cm³/mol. The zero-order valence-electron chi connectivity index (χ0n) is 26.7. The molecule has 3 amide bonds. The van der Waals surface area contributed by atoms with Gasteiger partial charge in [0, 0.05) is 59.0 Å². The molecule has 5 aromatic rings. The Morgan fingerprint density at radius 1 is 0.918 bits per heavy atom. The number of thiazole rings is 1. The van der Waals surface area contributed by atoms with Crippen molar-refractivity contribution in [3.63, 3.8) is 0 Å². The molecule has 0 aliphatic carbocycles. The van der Waals surface area contributed by atoms with Gasteiger partial charge in [-0.2, -0.15) is 0 Å². The van der Waals surface area contributed by atoms with E-state index in [0.29, 0.717) is 27.6 Å². The van der Waals surface area contributed by atoms with Crippen molar-refractivity contribution in [1.82, 2.24) is 10.3 Å². The largest absolute Gasteiger partial charge is 0.378 e. The zero-order valence-corrected chi connectivity index (χ0v) is 28.4. The summed E-state index contributed by atoms with van der Waals surface area (Å²) in [4.78, 5) is 57.2. The highest BCUT2D eigenvalue weighted by Crippen LogP contribution is 2.29. The van der Waals surface area contributed by atoms with Crippen molar-refractivity contribution < 1.29 is 19.3 Å². The Kier molecular flexibility index (Phi) is 11.2. The van der Waals surface area contributed by atoms with E-state index in [1.165, 1.54) is 35.2 Å². The Labute approximate surface area is 291 Å². The summed E-state index contributed by atoms with van der Waals surface area (Å²) in [5.74, 6) is -1.17. The highest BCUT2D eigenvalue weighted by Gasteiger charge is 2.18. The van der Waals surface area contributed by atoms with E-state index in [2.05, 4.69) is 20.9 Å². The van der Waals surface area contributed by atoms with E-state index in [1.54, 1.807) is 79.0 Å². The van der Waals surface area contributed by atoms with Crippen LogP contribution < -0.4 is 20.9 Å². The minimum absolute atomic E-state index is 0.0376. The van der Waals surface area contributed by atoms with Crippen LogP contribution in [0.5, 0.6) is 0 Å². The van der Waals surface area contributed by atoms with E-state index in [9.17, 15) is 24.5 Å². The molecule has 11 nitrogen and oxygen atoms in total. The number of anilines is 3. The summed E-state index contributed by atoms with van der Waals surface area (Å²) in [6.45, 7) is 1.77. The normalized spacial score (nSPS) is 11.7. The third-order valence-corrected chi connectivity index (χ3v) is 9.00. The van der Waals surface area contributed by atoms with E-state index in [4.69, 9.17) is 0 Å². The summed E-state index contributed by atoms with van der Waals surface area (Å²) >= 11 is 2.56. The summed E-state index contributed by atoms with van der Waals surface area (Å²) in [5, 5.41) is 21.1. The maximum absolute atomic E-state index is 13.4. The lowest BCUT2D eigenvalue weighted by molar-refractivity contribution is -0.384. The van der Waals surface area contributed by atoms with Gasteiger partial charge in [-0.1, -0.05) is 42.5 Å². The summed E-state index contributed by atoms with van der Waals surface area (Å²) < 4.78 is 0. The lowest BCUT2D eigenvalue weighted by atomic mass is 10.1. The van der Waals surface area contributed by atoms with Gasteiger partial charge < -0.3 is 20.9 Å². The fourth-order valence-electron chi connectivity index (χ4n) is 4.50. The molecule has 0 aliphatic heterocycles. The van der Waals surface area contributed by atoms with Gasteiger partial charge in [0.1, 0.15) is 5.70 Å². The zero-order chi connectivity index (χ0) is 34.9. The Morgan fingerprint density at radius 3 is 2.31 bits per heavy atom. The molecular weight excluding hydrogens is 661 g/mol. The quantitative estimate of drug-likeness (QED) is 0.0534. The lowest BCUT2D eigenvalue weighted by Crippen LogP contribution is -2.30. The third-order valence-electron chi connectivity index (χ3n) is 7.13. The van der Waals surface area contributed by atoms with E-state index in [-0.39, 0.29) is 17.3 Å². The number of non-ortho nitro benzene ring substituents is 1. The molecule has 1 unspecified atom stereocenters. The van der Waals surface area contributed by atoms with Crippen molar-refractivity contribution in [3.8, 4) is 11.3 Å². The number of nitro benzene ring substituents is 1. The van der Waals surface area contributed by atoms with Crippen molar-refractivity contribution in [3.05, 3.63) is 135 Å². The second-order valence-corrected chi connectivity index (χ2v) is 13.2. The van der Waals surface area contributed by atoms with Gasteiger partial charge in [-0.15, -0.1) is 23.1 Å². The first-order valence-electron chi connectivity index (χ1n) is 15.0. The van der Waals surface area contributed by atoms with Gasteiger partial charge in [0.05, 0.1) is 15.9 Å².